The molecule has 0 fully saturated rings. The van der Waals surface area contributed by atoms with Crippen LogP contribution in [0.5, 0.6) is 0 Å². The zero-order valence-corrected chi connectivity index (χ0v) is 13.3. The molecule has 2 rings (SSSR count). The monoisotopic (exact) mass is 365 g/mol. The molecule has 0 heterocycles. The molecule has 2 aromatic carbocycles. The Hall–Kier alpha value is -2.21. The van der Waals surface area contributed by atoms with E-state index in [1.54, 1.807) is 12.1 Å². The summed E-state index contributed by atoms with van der Waals surface area (Å²) in [6.45, 7) is 1.44. The number of amides is 1. The number of anilines is 1. The van der Waals surface area contributed by atoms with E-state index in [0.717, 1.165) is 17.7 Å². The molecule has 0 aliphatic heterocycles. The number of carbonyl (C=O) groups excluding carboxylic acids is 2. The molecule has 0 atom stereocenters. The van der Waals surface area contributed by atoms with E-state index in [4.69, 9.17) is 4.74 Å². The molecule has 0 radical (unpaired) electrons. The Morgan fingerprint density at radius 2 is 1.95 bits per heavy atom. The van der Waals surface area contributed by atoms with Crippen LogP contribution < -0.4 is 5.32 Å². The normalized spacial score (nSPS) is 10.1. The lowest BCUT2D eigenvalue weighted by molar-refractivity contribution is -0.119. The third-order valence-electron chi connectivity index (χ3n) is 2.90. The molecular weight excluding hydrogens is 353 g/mol. The molecule has 6 heteroatoms. The summed E-state index contributed by atoms with van der Waals surface area (Å²) >= 11 is 3.08. The molecule has 0 spiro atoms. The number of nitrogens with one attached hydrogen (secondary N) is 1. The fraction of sp³-hybridized carbons (Fsp3) is 0.125. The minimum atomic E-state index is -0.702. The molecule has 2 aromatic rings. The van der Waals surface area contributed by atoms with Crippen molar-refractivity contribution in [2.45, 2.75) is 6.92 Å². The first-order chi connectivity index (χ1) is 10.5. The SMILES string of the molecule is Cc1ccccc1NC(=O)COC(=O)c1ccc(F)cc1Br. The van der Waals surface area contributed by atoms with Crippen molar-refractivity contribution in [1.82, 2.24) is 0 Å². The number of esters is 1. The Morgan fingerprint density at radius 1 is 1.23 bits per heavy atom. The van der Waals surface area contributed by atoms with Gasteiger partial charge in [-0.1, -0.05) is 18.2 Å². The van der Waals surface area contributed by atoms with E-state index in [1.165, 1.54) is 6.07 Å². The van der Waals surface area contributed by atoms with Crippen molar-refractivity contribution in [3.8, 4) is 0 Å². The third kappa shape index (κ3) is 4.14. The smallest absolute Gasteiger partial charge is 0.339 e. The van der Waals surface area contributed by atoms with E-state index >= 15 is 0 Å². The highest BCUT2D eigenvalue weighted by Crippen LogP contribution is 2.19. The molecule has 114 valence electrons. The van der Waals surface area contributed by atoms with Gasteiger partial charge in [-0.2, -0.15) is 0 Å². The molecule has 4 nitrogen and oxygen atoms in total. The molecule has 0 aromatic heterocycles. The minimum Gasteiger partial charge on any atom is -0.452 e. The van der Waals surface area contributed by atoms with Gasteiger partial charge >= 0.3 is 5.97 Å². The number of hydrogen-bond donors (Lipinski definition) is 1. The van der Waals surface area contributed by atoms with Crippen molar-refractivity contribution in [3.63, 3.8) is 0 Å². The molecule has 1 amide bonds. The number of ether oxygens (including phenoxy) is 1. The first-order valence-electron chi connectivity index (χ1n) is 6.45. The second kappa shape index (κ2) is 7.17. The van der Waals surface area contributed by atoms with Crippen LogP contribution in [0.4, 0.5) is 10.1 Å². The molecular formula is C16H13BrFNO3. The van der Waals surface area contributed by atoms with Crippen molar-refractivity contribution in [3.05, 3.63) is 63.9 Å². The maximum absolute atomic E-state index is 13.0. The van der Waals surface area contributed by atoms with Gasteiger partial charge in [0.05, 0.1) is 5.56 Å². The number of carbonyl (C=O) groups is 2. The average molecular weight is 366 g/mol. The predicted octanol–water partition coefficient (Wildman–Crippen LogP) is 3.69. The van der Waals surface area contributed by atoms with Crippen LogP contribution in [0, 0.1) is 12.7 Å². The van der Waals surface area contributed by atoms with Crippen molar-refractivity contribution in [1.29, 1.82) is 0 Å². The van der Waals surface area contributed by atoms with Crippen molar-refractivity contribution >= 4 is 33.5 Å². The van der Waals surface area contributed by atoms with E-state index in [-0.39, 0.29) is 10.0 Å². The fourth-order valence-corrected chi connectivity index (χ4v) is 2.28. The van der Waals surface area contributed by atoms with Crippen LogP contribution in [0.15, 0.2) is 46.9 Å². The summed E-state index contributed by atoms with van der Waals surface area (Å²) < 4.78 is 18.2. The number of halogens is 2. The van der Waals surface area contributed by atoms with E-state index in [9.17, 15) is 14.0 Å². The van der Waals surface area contributed by atoms with Crippen LogP contribution in [-0.4, -0.2) is 18.5 Å². The molecule has 1 N–H and O–H groups in total. The number of rotatable bonds is 4. The zero-order chi connectivity index (χ0) is 16.1. The van der Waals surface area contributed by atoms with Gasteiger partial charge in [-0.05, 0) is 52.7 Å². The highest BCUT2D eigenvalue weighted by molar-refractivity contribution is 9.10. The van der Waals surface area contributed by atoms with Gasteiger partial charge in [-0.3, -0.25) is 4.79 Å². The van der Waals surface area contributed by atoms with Crippen molar-refractivity contribution in [2.24, 2.45) is 0 Å². The zero-order valence-electron chi connectivity index (χ0n) is 11.7. The molecule has 0 saturated heterocycles. The Bertz CT molecular complexity index is 718. The Morgan fingerprint density at radius 3 is 2.64 bits per heavy atom. The topological polar surface area (TPSA) is 55.4 Å². The van der Waals surface area contributed by atoms with E-state index in [2.05, 4.69) is 21.2 Å². The number of benzene rings is 2. The summed E-state index contributed by atoms with van der Waals surface area (Å²) in [6, 6.07) is 10.9. The standard InChI is InChI=1S/C16H13BrFNO3/c1-10-4-2-3-5-14(10)19-15(20)9-22-16(21)12-7-6-11(18)8-13(12)17/h2-8H,9H2,1H3,(H,19,20). The average Bonchev–Trinajstić information content (AvgIpc) is 2.47. The fourth-order valence-electron chi connectivity index (χ4n) is 1.76. The van der Waals surface area contributed by atoms with Crippen LogP contribution in [0.3, 0.4) is 0 Å². The lowest BCUT2D eigenvalue weighted by Crippen LogP contribution is -2.21. The van der Waals surface area contributed by atoms with Gasteiger partial charge < -0.3 is 10.1 Å². The summed E-state index contributed by atoms with van der Waals surface area (Å²) in [4.78, 5) is 23.6. The highest BCUT2D eigenvalue weighted by Gasteiger charge is 2.14. The van der Waals surface area contributed by atoms with Gasteiger partial charge in [0.2, 0.25) is 0 Å². The largest absolute Gasteiger partial charge is 0.452 e. The van der Waals surface area contributed by atoms with E-state index in [0.29, 0.717) is 5.69 Å². The Balaban J connectivity index is 1.93. The lowest BCUT2D eigenvalue weighted by atomic mass is 10.2. The number of hydrogen-bond acceptors (Lipinski definition) is 3. The molecule has 0 aliphatic rings. The van der Waals surface area contributed by atoms with Gasteiger partial charge in [-0.25, -0.2) is 9.18 Å². The number of para-hydroxylation sites is 1. The Labute approximate surface area is 135 Å². The molecule has 0 aliphatic carbocycles. The maximum Gasteiger partial charge on any atom is 0.339 e. The van der Waals surface area contributed by atoms with Crippen LogP contribution in [0.1, 0.15) is 15.9 Å². The van der Waals surface area contributed by atoms with Gasteiger partial charge in [0, 0.05) is 10.2 Å². The van der Waals surface area contributed by atoms with Crippen LogP contribution in [0.25, 0.3) is 0 Å². The second-order valence-electron chi connectivity index (χ2n) is 4.56. The summed E-state index contributed by atoms with van der Waals surface area (Å²) in [5.74, 6) is -1.62. The van der Waals surface area contributed by atoms with Crippen molar-refractivity contribution in [2.75, 3.05) is 11.9 Å². The summed E-state index contributed by atoms with van der Waals surface area (Å²) in [5, 5.41) is 2.65. The first kappa shape index (κ1) is 16.2. The van der Waals surface area contributed by atoms with Crippen LogP contribution in [-0.2, 0) is 9.53 Å². The maximum atomic E-state index is 13.0. The predicted molar refractivity (Wildman–Crippen MR) is 84.2 cm³/mol. The molecule has 22 heavy (non-hydrogen) atoms. The van der Waals surface area contributed by atoms with Crippen LogP contribution >= 0.6 is 15.9 Å². The summed E-state index contributed by atoms with van der Waals surface area (Å²) in [5.41, 5.74) is 1.72. The molecule has 0 saturated carbocycles. The third-order valence-corrected chi connectivity index (χ3v) is 3.56. The molecule has 0 bridgehead atoms. The second-order valence-corrected chi connectivity index (χ2v) is 5.42. The van der Waals surface area contributed by atoms with E-state index < -0.39 is 24.3 Å². The quantitative estimate of drug-likeness (QED) is 0.840. The molecule has 0 unspecified atom stereocenters. The Kier molecular flexibility index (Phi) is 5.27. The van der Waals surface area contributed by atoms with Gasteiger partial charge in [0.1, 0.15) is 5.82 Å². The van der Waals surface area contributed by atoms with Gasteiger partial charge in [0.15, 0.2) is 6.61 Å². The lowest BCUT2D eigenvalue weighted by Gasteiger charge is -2.09. The van der Waals surface area contributed by atoms with Crippen molar-refractivity contribution < 1.29 is 18.7 Å². The summed E-state index contributed by atoms with van der Waals surface area (Å²) in [7, 11) is 0. The van der Waals surface area contributed by atoms with Crippen LogP contribution in [0.2, 0.25) is 0 Å². The highest BCUT2D eigenvalue weighted by atomic mass is 79.9. The minimum absolute atomic E-state index is 0.157. The van der Waals surface area contributed by atoms with Gasteiger partial charge in [-0.15, -0.1) is 0 Å². The van der Waals surface area contributed by atoms with E-state index in [1.807, 2.05) is 19.1 Å². The number of aryl methyl sites for hydroxylation is 1. The van der Waals surface area contributed by atoms with Gasteiger partial charge in [0.25, 0.3) is 5.91 Å². The summed E-state index contributed by atoms with van der Waals surface area (Å²) in [6.07, 6.45) is 0. The first-order valence-corrected chi connectivity index (χ1v) is 7.24.